The number of methoxy groups -OCH3 is 3. The summed E-state index contributed by atoms with van der Waals surface area (Å²) in [5.74, 6) is 2.41. The van der Waals surface area contributed by atoms with Gasteiger partial charge in [-0.3, -0.25) is 0 Å². The van der Waals surface area contributed by atoms with Crippen LogP contribution in [0.5, 0.6) is 11.5 Å². The minimum absolute atomic E-state index is 0.794. The Morgan fingerprint density at radius 2 is 0.656 bits per heavy atom. The van der Waals surface area contributed by atoms with Crippen molar-refractivity contribution >= 4 is 62.6 Å². The second-order valence-electron chi connectivity index (χ2n) is 15.0. The lowest BCUT2D eigenvalue weighted by atomic mass is 10.1. The minimum atomic E-state index is 0.794. The molecule has 0 bridgehead atoms. The first kappa shape index (κ1) is 42.5. The normalized spacial score (nSPS) is 11.4. The summed E-state index contributed by atoms with van der Waals surface area (Å²) in [5.41, 5.74) is 12.2. The van der Waals surface area contributed by atoms with Crippen molar-refractivity contribution in [2.45, 2.75) is 13.8 Å². The second-order valence-corrected chi connectivity index (χ2v) is 15.0. The van der Waals surface area contributed by atoms with Gasteiger partial charge in [-0.2, -0.15) is 0 Å². The van der Waals surface area contributed by atoms with E-state index in [9.17, 15) is 0 Å². The van der Waals surface area contributed by atoms with E-state index in [-0.39, 0.29) is 0 Å². The number of anilines is 11. The number of nitrogens with zero attached hydrogens (tertiary/aromatic N) is 4. The summed E-state index contributed by atoms with van der Waals surface area (Å²) in [6, 6.07) is 73.7. The lowest BCUT2D eigenvalue weighted by molar-refractivity contribution is 0.293. The number of ether oxygens (including phenoxy) is 3. The molecule has 8 aromatic carbocycles. The fourth-order valence-corrected chi connectivity index (χ4v) is 7.82. The minimum Gasteiger partial charge on any atom is -0.501 e. The third-order valence-corrected chi connectivity index (χ3v) is 11.0. The molecule has 64 heavy (non-hydrogen) atoms. The van der Waals surface area contributed by atoms with Gasteiger partial charge in [0.25, 0.3) is 0 Å². The van der Waals surface area contributed by atoms with Crippen LogP contribution in [-0.4, -0.2) is 21.3 Å². The van der Waals surface area contributed by atoms with Crippen molar-refractivity contribution in [1.29, 1.82) is 0 Å². The maximum Gasteiger partial charge on any atom is 0.120 e. The largest absolute Gasteiger partial charge is 0.501 e. The van der Waals surface area contributed by atoms with E-state index in [1.807, 2.05) is 49.4 Å². The molecule has 318 valence electrons. The van der Waals surface area contributed by atoms with Crippen LogP contribution >= 0.6 is 0 Å². The number of allylic oxidation sites excluding steroid dienone is 3. The molecule has 8 rings (SSSR count). The number of benzene rings is 8. The van der Waals surface area contributed by atoms with Crippen molar-refractivity contribution in [2.75, 3.05) is 40.9 Å². The Morgan fingerprint density at radius 3 is 1.00 bits per heavy atom. The van der Waals surface area contributed by atoms with Crippen molar-refractivity contribution in [3.05, 3.63) is 236 Å². The fraction of sp³-hybridized carbons (Fsp3) is 0.0877. The molecule has 0 amide bonds. The molecule has 8 aromatic rings. The van der Waals surface area contributed by atoms with Gasteiger partial charge in [-0.05, 0) is 153 Å². The highest BCUT2D eigenvalue weighted by atomic mass is 16.5. The number of para-hydroxylation sites is 3. The lowest BCUT2D eigenvalue weighted by Crippen LogP contribution is -2.16. The Kier molecular flexibility index (Phi) is 13.4. The number of hydrogen-bond donors (Lipinski definition) is 0. The molecule has 7 heteroatoms. The van der Waals surface area contributed by atoms with E-state index in [1.54, 1.807) is 21.3 Å². The zero-order valence-electron chi connectivity index (χ0n) is 36.9. The molecule has 0 unspecified atom stereocenters. The molecule has 0 fully saturated rings. The third kappa shape index (κ3) is 9.49. The molecule has 0 heterocycles. The van der Waals surface area contributed by atoms with Gasteiger partial charge in [0.15, 0.2) is 0 Å². The predicted molar refractivity (Wildman–Crippen MR) is 267 cm³/mol. The van der Waals surface area contributed by atoms with Crippen LogP contribution in [0, 0.1) is 0 Å². The van der Waals surface area contributed by atoms with E-state index in [1.165, 1.54) is 0 Å². The Bertz CT molecular complexity index is 2660. The van der Waals surface area contributed by atoms with Crippen LogP contribution in [0.15, 0.2) is 236 Å². The van der Waals surface area contributed by atoms with E-state index in [0.29, 0.717) is 0 Å². The van der Waals surface area contributed by atoms with E-state index in [2.05, 4.69) is 209 Å². The molecule has 0 spiro atoms. The maximum absolute atomic E-state index is 5.64. The van der Waals surface area contributed by atoms with Crippen molar-refractivity contribution in [3.63, 3.8) is 0 Å². The van der Waals surface area contributed by atoms with Gasteiger partial charge >= 0.3 is 0 Å². The standard InChI is InChI=1S/C57H52N4O3/c1-6-44(40-43(2)62-3)58(45-18-10-7-11-19-45)48-28-30-49(31-29-48)59(50-32-36-52(37-33-50)60(46-20-12-8-13-21-46)54-24-16-26-56(41-54)63-4)51-34-38-53(39-35-51)61(47-22-14-9-15-23-47)55-25-17-27-57(42-55)64-5/h6-42H,1-5H3/b43-40+,44-6+. The van der Waals surface area contributed by atoms with Gasteiger partial charge in [-0.25, -0.2) is 0 Å². The van der Waals surface area contributed by atoms with Gasteiger partial charge in [-0.15, -0.1) is 0 Å². The lowest BCUT2D eigenvalue weighted by Gasteiger charge is -2.30. The number of hydrogen-bond acceptors (Lipinski definition) is 7. The summed E-state index contributed by atoms with van der Waals surface area (Å²) in [5, 5.41) is 0. The first-order chi connectivity index (χ1) is 31.5. The predicted octanol–water partition coefficient (Wildman–Crippen LogP) is 15.7. The molecule has 0 N–H and O–H groups in total. The zero-order chi connectivity index (χ0) is 44.3. The SMILES string of the molecule is C/C=C(\C=C(/C)OC)N(c1ccccc1)c1ccc(N(c2ccc(N(c3ccccc3)c3cccc(OC)c3)cc2)c2ccc(N(c3ccccc3)c3cccc(OC)c3)cc2)cc1. The first-order valence-electron chi connectivity index (χ1n) is 21.3. The van der Waals surface area contributed by atoms with Gasteiger partial charge in [0.2, 0.25) is 0 Å². The van der Waals surface area contributed by atoms with Crippen LogP contribution in [-0.2, 0) is 4.74 Å². The highest BCUT2D eigenvalue weighted by molar-refractivity contribution is 5.84. The average Bonchev–Trinajstić information content (AvgIpc) is 3.36. The molecule has 0 aliphatic carbocycles. The molecular formula is C57H52N4O3. The Balaban J connectivity index is 1.23. The van der Waals surface area contributed by atoms with Gasteiger partial charge in [0, 0.05) is 80.4 Å². The summed E-state index contributed by atoms with van der Waals surface area (Å²) in [4.78, 5) is 9.03. The summed E-state index contributed by atoms with van der Waals surface area (Å²) >= 11 is 0. The van der Waals surface area contributed by atoms with Crippen LogP contribution in [0.4, 0.5) is 62.6 Å². The molecule has 0 saturated carbocycles. The van der Waals surface area contributed by atoms with Crippen LogP contribution in [0.25, 0.3) is 0 Å². The Labute approximate surface area is 377 Å². The van der Waals surface area contributed by atoms with Crippen LogP contribution in [0.1, 0.15) is 13.8 Å². The topological polar surface area (TPSA) is 40.7 Å². The average molecular weight is 841 g/mol. The fourth-order valence-electron chi connectivity index (χ4n) is 7.82. The summed E-state index contributed by atoms with van der Waals surface area (Å²) in [6.45, 7) is 4.02. The summed E-state index contributed by atoms with van der Waals surface area (Å²) in [7, 11) is 5.10. The molecule has 0 radical (unpaired) electrons. The summed E-state index contributed by atoms with van der Waals surface area (Å²) in [6.07, 6.45) is 4.16. The molecule has 0 saturated heterocycles. The first-order valence-corrected chi connectivity index (χ1v) is 21.3. The zero-order valence-corrected chi connectivity index (χ0v) is 36.9. The number of rotatable bonds is 16. The maximum atomic E-state index is 5.64. The Morgan fingerprint density at radius 1 is 0.359 bits per heavy atom. The van der Waals surface area contributed by atoms with Gasteiger partial charge < -0.3 is 33.8 Å². The van der Waals surface area contributed by atoms with Crippen LogP contribution < -0.4 is 29.1 Å². The molecule has 7 nitrogen and oxygen atoms in total. The highest BCUT2D eigenvalue weighted by Gasteiger charge is 2.20. The van der Waals surface area contributed by atoms with Crippen molar-refractivity contribution in [3.8, 4) is 11.5 Å². The molecule has 0 aliphatic heterocycles. The smallest absolute Gasteiger partial charge is 0.120 e. The van der Waals surface area contributed by atoms with Gasteiger partial charge in [0.1, 0.15) is 11.5 Å². The van der Waals surface area contributed by atoms with E-state index in [0.717, 1.165) is 85.5 Å². The van der Waals surface area contributed by atoms with Gasteiger partial charge in [0.05, 0.1) is 27.1 Å². The summed E-state index contributed by atoms with van der Waals surface area (Å²) < 4.78 is 16.9. The molecule has 0 aliphatic rings. The van der Waals surface area contributed by atoms with Gasteiger partial charge in [-0.1, -0.05) is 72.8 Å². The van der Waals surface area contributed by atoms with Crippen molar-refractivity contribution in [2.24, 2.45) is 0 Å². The van der Waals surface area contributed by atoms with Crippen molar-refractivity contribution < 1.29 is 14.2 Å². The van der Waals surface area contributed by atoms with E-state index < -0.39 is 0 Å². The third-order valence-electron chi connectivity index (χ3n) is 11.0. The Hall–Kier alpha value is -8.16. The highest BCUT2D eigenvalue weighted by Crippen LogP contribution is 2.43. The second kappa shape index (κ2) is 20.1. The van der Waals surface area contributed by atoms with E-state index in [4.69, 9.17) is 14.2 Å². The van der Waals surface area contributed by atoms with Crippen LogP contribution in [0.3, 0.4) is 0 Å². The molecule has 0 aromatic heterocycles. The quantitative estimate of drug-likeness (QED) is 0.0709. The monoisotopic (exact) mass is 840 g/mol. The van der Waals surface area contributed by atoms with Crippen LogP contribution in [0.2, 0.25) is 0 Å². The van der Waals surface area contributed by atoms with Crippen molar-refractivity contribution in [1.82, 2.24) is 0 Å². The molecule has 0 atom stereocenters. The van der Waals surface area contributed by atoms with E-state index >= 15 is 0 Å². The molecular weight excluding hydrogens is 789 g/mol.